The van der Waals surface area contributed by atoms with Gasteiger partial charge in [0.05, 0.1) is 10.2 Å². The molecule has 9 heteroatoms. The zero-order valence-corrected chi connectivity index (χ0v) is 18.6. The van der Waals surface area contributed by atoms with E-state index in [0.717, 1.165) is 35.4 Å². The topological polar surface area (TPSA) is 54.9 Å². The van der Waals surface area contributed by atoms with Crippen LogP contribution in [-0.2, 0) is 14.3 Å². The number of ether oxygens (including phenoxy) is 2. The van der Waals surface area contributed by atoms with Gasteiger partial charge in [0.15, 0.2) is 5.13 Å². The lowest BCUT2D eigenvalue weighted by Crippen LogP contribution is -2.40. The van der Waals surface area contributed by atoms with Gasteiger partial charge >= 0.3 is 0 Å². The highest BCUT2D eigenvalue weighted by Gasteiger charge is 2.26. The first kappa shape index (κ1) is 22.7. The average molecular weight is 446 g/mol. The van der Waals surface area contributed by atoms with Crippen molar-refractivity contribution in [2.75, 3.05) is 44.3 Å². The van der Waals surface area contributed by atoms with Gasteiger partial charge in [0.25, 0.3) is 5.91 Å². The number of amides is 1. The molecule has 1 aliphatic heterocycles. The van der Waals surface area contributed by atoms with Crippen molar-refractivity contribution in [3.05, 3.63) is 34.7 Å². The molecule has 2 heterocycles. The molecule has 0 unspecified atom stereocenters. The van der Waals surface area contributed by atoms with Gasteiger partial charge in [0.2, 0.25) is 5.76 Å². The van der Waals surface area contributed by atoms with Crippen LogP contribution in [0.4, 0.5) is 5.13 Å². The van der Waals surface area contributed by atoms with Crippen LogP contribution in [0.15, 0.2) is 24.2 Å². The lowest BCUT2D eigenvalue weighted by Gasteiger charge is -2.26. The highest BCUT2D eigenvalue weighted by atomic mass is 35.5. The second kappa shape index (κ2) is 10.3. The van der Waals surface area contributed by atoms with E-state index in [0.29, 0.717) is 29.9 Å². The SMILES string of the molecule is CCN(CC)CCN(C(=O)C1=COCCO1)c1nc2c(C)cc(Cl)cc2s1.Cl. The minimum Gasteiger partial charge on any atom is -0.494 e. The first-order valence-electron chi connectivity index (χ1n) is 9.09. The van der Waals surface area contributed by atoms with E-state index in [-0.39, 0.29) is 24.1 Å². The Morgan fingerprint density at radius 3 is 2.64 bits per heavy atom. The van der Waals surface area contributed by atoms with Gasteiger partial charge in [-0.25, -0.2) is 4.98 Å². The largest absolute Gasteiger partial charge is 0.494 e. The van der Waals surface area contributed by atoms with Gasteiger partial charge in [-0.2, -0.15) is 0 Å². The summed E-state index contributed by atoms with van der Waals surface area (Å²) >= 11 is 7.64. The summed E-state index contributed by atoms with van der Waals surface area (Å²) in [6, 6.07) is 3.77. The maximum Gasteiger partial charge on any atom is 0.298 e. The number of anilines is 1. The van der Waals surface area contributed by atoms with E-state index >= 15 is 0 Å². The lowest BCUT2D eigenvalue weighted by atomic mass is 10.2. The van der Waals surface area contributed by atoms with Gasteiger partial charge in [-0.1, -0.05) is 36.8 Å². The average Bonchev–Trinajstić information content (AvgIpc) is 3.09. The van der Waals surface area contributed by atoms with Crippen LogP contribution in [0.5, 0.6) is 0 Å². The molecule has 0 bridgehead atoms. The minimum atomic E-state index is -0.232. The molecule has 1 aromatic carbocycles. The van der Waals surface area contributed by atoms with Crippen LogP contribution in [0, 0.1) is 6.92 Å². The molecule has 1 aromatic heterocycles. The number of thiazole rings is 1. The van der Waals surface area contributed by atoms with Gasteiger partial charge in [0.1, 0.15) is 19.5 Å². The van der Waals surface area contributed by atoms with Gasteiger partial charge in [0, 0.05) is 18.1 Å². The number of fused-ring (bicyclic) bond motifs is 1. The molecule has 0 N–H and O–H groups in total. The summed E-state index contributed by atoms with van der Waals surface area (Å²) < 4.78 is 11.7. The van der Waals surface area contributed by atoms with Crippen LogP contribution in [-0.4, -0.2) is 55.2 Å². The van der Waals surface area contributed by atoms with E-state index in [1.54, 1.807) is 4.90 Å². The Kier molecular flexibility index (Phi) is 8.37. The second-order valence-corrected chi connectivity index (χ2v) is 7.70. The van der Waals surface area contributed by atoms with Crippen molar-refractivity contribution in [2.45, 2.75) is 20.8 Å². The van der Waals surface area contributed by atoms with Gasteiger partial charge in [-0.05, 0) is 37.7 Å². The fraction of sp³-hybridized carbons (Fsp3) is 0.474. The smallest absolute Gasteiger partial charge is 0.298 e. The zero-order valence-electron chi connectivity index (χ0n) is 16.2. The lowest BCUT2D eigenvalue weighted by molar-refractivity contribution is -0.119. The fourth-order valence-corrected chi connectivity index (χ4v) is 4.38. The van der Waals surface area contributed by atoms with Crippen LogP contribution in [0.1, 0.15) is 19.4 Å². The Morgan fingerprint density at radius 2 is 2.00 bits per heavy atom. The molecule has 0 radical (unpaired) electrons. The van der Waals surface area contributed by atoms with Crippen LogP contribution in [0.25, 0.3) is 10.2 Å². The number of carbonyl (C=O) groups excluding carboxylic acids is 1. The molecular weight excluding hydrogens is 421 g/mol. The number of halogens is 2. The van der Waals surface area contributed by atoms with Crippen LogP contribution < -0.4 is 4.90 Å². The van der Waals surface area contributed by atoms with Crippen molar-refractivity contribution in [1.82, 2.24) is 9.88 Å². The summed E-state index contributed by atoms with van der Waals surface area (Å²) in [6.45, 7) is 10.1. The number of nitrogens with zero attached hydrogens (tertiary/aromatic N) is 3. The normalized spacial score (nSPS) is 13.5. The Morgan fingerprint density at radius 1 is 1.25 bits per heavy atom. The quantitative estimate of drug-likeness (QED) is 0.637. The molecule has 28 heavy (non-hydrogen) atoms. The number of aryl methyl sites for hydroxylation is 1. The summed E-state index contributed by atoms with van der Waals surface area (Å²) in [5.74, 6) is -0.0144. The van der Waals surface area contributed by atoms with Crippen molar-refractivity contribution in [3.8, 4) is 0 Å². The van der Waals surface area contributed by atoms with E-state index in [2.05, 4.69) is 18.7 Å². The molecule has 0 spiro atoms. The highest BCUT2D eigenvalue weighted by Crippen LogP contribution is 2.33. The Balaban J connectivity index is 0.00000280. The number of rotatable bonds is 7. The molecule has 1 aliphatic rings. The molecule has 2 aromatic rings. The number of likely N-dealkylation sites (N-methyl/N-ethyl adjacent to an activating group) is 1. The molecule has 0 atom stereocenters. The van der Waals surface area contributed by atoms with Crippen molar-refractivity contribution in [2.24, 2.45) is 0 Å². The highest BCUT2D eigenvalue weighted by molar-refractivity contribution is 7.22. The van der Waals surface area contributed by atoms with Crippen molar-refractivity contribution < 1.29 is 14.3 Å². The van der Waals surface area contributed by atoms with Gasteiger partial charge < -0.3 is 14.4 Å². The Bertz CT molecular complexity index is 852. The number of hydrogen-bond donors (Lipinski definition) is 0. The van der Waals surface area contributed by atoms with Crippen molar-refractivity contribution in [3.63, 3.8) is 0 Å². The van der Waals surface area contributed by atoms with Crippen molar-refractivity contribution >= 4 is 56.6 Å². The molecule has 0 saturated carbocycles. The summed E-state index contributed by atoms with van der Waals surface area (Å²) in [5, 5.41) is 1.31. The van der Waals surface area contributed by atoms with Crippen LogP contribution in [0.3, 0.4) is 0 Å². The predicted molar refractivity (Wildman–Crippen MR) is 117 cm³/mol. The Hall–Kier alpha value is -1.54. The van der Waals surface area contributed by atoms with E-state index in [9.17, 15) is 4.79 Å². The molecule has 6 nitrogen and oxygen atoms in total. The summed E-state index contributed by atoms with van der Waals surface area (Å²) in [6.07, 6.45) is 1.39. The summed E-state index contributed by atoms with van der Waals surface area (Å²) in [7, 11) is 0. The molecule has 3 rings (SSSR count). The minimum absolute atomic E-state index is 0. The molecule has 0 aliphatic carbocycles. The second-order valence-electron chi connectivity index (χ2n) is 6.25. The number of benzene rings is 1. The third-order valence-corrected chi connectivity index (χ3v) is 5.75. The van der Waals surface area contributed by atoms with E-state index in [1.165, 1.54) is 17.6 Å². The molecule has 1 amide bonds. The molecule has 154 valence electrons. The van der Waals surface area contributed by atoms with E-state index < -0.39 is 0 Å². The first-order valence-corrected chi connectivity index (χ1v) is 10.3. The van der Waals surface area contributed by atoms with Crippen LogP contribution >= 0.6 is 35.3 Å². The maximum absolute atomic E-state index is 13.1. The maximum atomic E-state index is 13.1. The van der Waals surface area contributed by atoms with Gasteiger partial charge in [-0.15, -0.1) is 12.4 Å². The number of carbonyl (C=O) groups is 1. The predicted octanol–water partition coefficient (Wildman–Crippen LogP) is 4.24. The van der Waals surface area contributed by atoms with E-state index in [1.807, 2.05) is 19.1 Å². The molecule has 0 fully saturated rings. The summed E-state index contributed by atoms with van der Waals surface area (Å²) in [4.78, 5) is 21.8. The molecule has 0 saturated heterocycles. The third kappa shape index (κ3) is 5.08. The Labute approximate surface area is 180 Å². The van der Waals surface area contributed by atoms with E-state index in [4.69, 9.17) is 26.1 Å². The third-order valence-electron chi connectivity index (χ3n) is 4.51. The fourth-order valence-electron chi connectivity index (χ4n) is 2.94. The number of hydrogen-bond acceptors (Lipinski definition) is 6. The first-order chi connectivity index (χ1) is 13.0. The van der Waals surface area contributed by atoms with Gasteiger partial charge in [-0.3, -0.25) is 9.69 Å². The van der Waals surface area contributed by atoms with Crippen molar-refractivity contribution in [1.29, 1.82) is 0 Å². The number of aromatic nitrogens is 1. The monoisotopic (exact) mass is 445 g/mol. The molecular formula is C19H25Cl2N3O3S. The zero-order chi connectivity index (χ0) is 19.4. The summed E-state index contributed by atoms with van der Waals surface area (Å²) in [5.41, 5.74) is 1.86. The standard InChI is InChI=1S/C19H24ClN3O3S.ClH/c1-4-22(5-2)6-7-23(18(24)15-12-25-8-9-26-15)19-21-17-13(3)10-14(20)11-16(17)27-19;/h10-12H,4-9H2,1-3H3;1H. The van der Waals surface area contributed by atoms with Crippen LogP contribution in [0.2, 0.25) is 5.02 Å².